The van der Waals surface area contributed by atoms with Gasteiger partial charge in [0.1, 0.15) is 17.2 Å². The summed E-state index contributed by atoms with van der Waals surface area (Å²) >= 11 is 0. The smallest absolute Gasteiger partial charge is 0.262 e. The summed E-state index contributed by atoms with van der Waals surface area (Å²) in [5.41, 5.74) is 2.06. The highest BCUT2D eigenvalue weighted by molar-refractivity contribution is 6.04. The van der Waals surface area contributed by atoms with Crippen molar-refractivity contribution in [2.75, 3.05) is 12.4 Å². The third-order valence-electron chi connectivity index (χ3n) is 4.06. The van der Waals surface area contributed by atoms with Crippen LogP contribution in [0.5, 0.6) is 5.75 Å². The van der Waals surface area contributed by atoms with Gasteiger partial charge in [0, 0.05) is 6.07 Å². The lowest BCUT2D eigenvalue weighted by atomic mass is 10.1. The number of hydrogen-bond donors (Lipinski definition) is 1. The lowest BCUT2D eigenvalue weighted by Gasteiger charge is -2.11. The Hall–Kier alpha value is -3.22. The molecule has 0 aliphatic rings. The number of nitrogens with zero attached hydrogens (tertiary/aromatic N) is 2. The van der Waals surface area contributed by atoms with Gasteiger partial charge in [-0.3, -0.25) is 4.79 Å². The molecule has 5 nitrogen and oxygen atoms in total. The van der Waals surface area contributed by atoms with E-state index in [2.05, 4.69) is 10.4 Å². The van der Waals surface area contributed by atoms with Crippen molar-refractivity contribution in [2.45, 2.75) is 20.4 Å². The van der Waals surface area contributed by atoms with E-state index in [1.165, 1.54) is 7.11 Å². The molecule has 1 heterocycles. The van der Waals surface area contributed by atoms with Crippen LogP contribution >= 0.6 is 0 Å². The summed E-state index contributed by atoms with van der Waals surface area (Å²) in [5.74, 6) is -2.77. The van der Waals surface area contributed by atoms with E-state index < -0.39 is 23.1 Å². The van der Waals surface area contributed by atoms with Crippen molar-refractivity contribution >= 4 is 11.7 Å². The monoisotopic (exact) mass is 371 g/mol. The molecular weight excluding hydrogens is 352 g/mol. The number of aryl methyl sites for hydroxylation is 2. The van der Waals surface area contributed by atoms with Gasteiger partial charge in [0.25, 0.3) is 5.91 Å². The largest absolute Gasteiger partial charge is 0.494 e. The molecule has 0 atom stereocenters. The summed E-state index contributed by atoms with van der Waals surface area (Å²) in [7, 11) is 1.25. The number of carbonyl (C=O) groups is 1. The summed E-state index contributed by atoms with van der Waals surface area (Å²) in [5, 5.41) is 6.89. The van der Waals surface area contributed by atoms with Crippen LogP contribution in [0.2, 0.25) is 0 Å². The van der Waals surface area contributed by atoms with Gasteiger partial charge < -0.3 is 10.1 Å². The van der Waals surface area contributed by atoms with Gasteiger partial charge in [0.05, 0.1) is 19.3 Å². The summed E-state index contributed by atoms with van der Waals surface area (Å²) in [6.07, 6.45) is 0. The van der Waals surface area contributed by atoms with Gasteiger partial charge in [-0.1, -0.05) is 29.8 Å². The van der Waals surface area contributed by atoms with E-state index in [1.807, 2.05) is 31.2 Å². The van der Waals surface area contributed by atoms with Crippen LogP contribution in [0.4, 0.5) is 14.6 Å². The quantitative estimate of drug-likeness (QED) is 0.735. The van der Waals surface area contributed by atoms with Crippen molar-refractivity contribution in [3.05, 3.63) is 76.5 Å². The second kappa shape index (κ2) is 7.57. The standard InChI is InChI=1S/C20H19F2N3O2/c1-12-5-4-6-14(9-12)11-25-17(10-13(2)24-25)23-20(26)18-15(21)7-8-16(27-3)19(18)22/h4-10H,11H2,1-3H3,(H,23,26). The van der Waals surface area contributed by atoms with Crippen molar-refractivity contribution in [2.24, 2.45) is 0 Å². The number of amides is 1. The Bertz CT molecular complexity index is 999. The molecule has 0 spiro atoms. The van der Waals surface area contributed by atoms with Gasteiger partial charge in [-0.2, -0.15) is 5.10 Å². The van der Waals surface area contributed by atoms with Gasteiger partial charge in [0.15, 0.2) is 11.6 Å². The van der Waals surface area contributed by atoms with Crippen LogP contribution in [0, 0.1) is 25.5 Å². The van der Waals surface area contributed by atoms with Crippen LogP contribution in [-0.4, -0.2) is 22.8 Å². The second-order valence-electron chi connectivity index (χ2n) is 6.21. The first-order chi connectivity index (χ1) is 12.9. The molecule has 0 bridgehead atoms. The molecule has 27 heavy (non-hydrogen) atoms. The number of anilines is 1. The third-order valence-corrected chi connectivity index (χ3v) is 4.06. The fraction of sp³-hybridized carbons (Fsp3) is 0.200. The van der Waals surface area contributed by atoms with Crippen LogP contribution in [-0.2, 0) is 6.54 Å². The minimum atomic E-state index is -1.04. The molecule has 0 aliphatic carbocycles. The van der Waals surface area contributed by atoms with E-state index in [0.717, 1.165) is 23.3 Å². The average molecular weight is 371 g/mol. The zero-order chi connectivity index (χ0) is 19.6. The van der Waals surface area contributed by atoms with Gasteiger partial charge in [-0.05, 0) is 31.5 Å². The van der Waals surface area contributed by atoms with E-state index >= 15 is 0 Å². The molecular formula is C20H19F2N3O2. The molecule has 1 N–H and O–H groups in total. The zero-order valence-electron chi connectivity index (χ0n) is 15.2. The Labute approximate surface area is 155 Å². The Morgan fingerprint density at radius 3 is 2.67 bits per heavy atom. The van der Waals surface area contributed by atoms with Gasteiger partial charge in [-0.25, -0.2) is 13.5 Å². The van der Waals surface area contributed by atoms with Gasteiger partial charge in [0.2, 0.25) is 0 Å². The van der Waals surface area contributed by atoms with Gasteiger partial charge in [-0.15, -0.1) is 0 Å². The number of aromatic nitrogens is 2. The number of benzene rings is 2. The minimum absolute atomic E-state index is 0.203. The van der Waals surface area contributed by atoms with Crippen molar-refractivity contribution in [3.63, 3.8) is 0 Å². The highest BCUT2D eigenvalue weighted by Gasteiger charge is 2.22. The molecule has 7 heteroatoms. The van der Waals surface area contributed by atoms with Crippen LogP contribution < -0.4 is 10.1 Å². The first-order valence-electron chi connectivity index (χ1n) is 8.32. The number of rotatable bonds is 5. The number of hydrogen-bond acceptors (Lipinski definition) is 3. The molecule has 0 unspecified atom stereocenters. The van der Waals surface area contributed by atoms with E-state index in [0.29, 0.717) is 18.1 Å². The summed E-state index contributed by atoms with van der Waals surface area (Å²) < 4.78 is 34.8. The summed E-state index contributed by atoms with van der Waals surface area (Å²) in [6, 6.07) is 11.6. The predicted octanol–water partition coefficient (Wildman–Crippen LogP) is 4.09. The zero-order valence-corrected chi connectivity index (χ0v) is 15.2. The molecule has 3 aromatic rings. The minimum Gasteiger partial charge on any atom is -0.494 e. The van der Waals surface area contributed by atoms with Crippen LogP contribution in [0.3, 0.4) is 0 Å². The first-order valence-corrected chi connectivity index (χ1v) is 8.32. The Balaban J connectivity index is 1.90. The number of nitrogens with one attached hydrogen (secondary N) is 1. The maximum atomic E-state index is 14.3. The molecule has 3 rings (SSSR count). The number of methoxy groups -OCH3 is 1. The highest BCUT2D eigenvalue weighted by atomic mass is 19.1. The Kier molecular flexibility index (Phi) is 5.21. The molecule has 1 aromatic heterocycles. The maximum Gasteiger partial charge on any atom is 0.262 e. The third kappa shape index (κ3) is 3.97. The van der Waals surface area contributed by atoms with Crippen molar-refractivity contribution in [1.29, 1.82) is 0 Å². The fourth-order valence-corrected chi connectivity index (χ4v) is 2.83. The molecule has 0 radical (unpaired) electrons. The SMILES string of the molecule is COc1ccc(F)c(C(=O)Nc2cc(C)nn2Cc2cccc(C)c2)c1F. The van der Waals surface area contributed by atoms with E-state index in [1.54, 1.807) is 17.7 Å². The predicted molar refractivity (Wildman–Crippen MR) is 98.1 cm³/mol. The highest BCUT2D eigenvalue weighted by Crippen LogP contribution is 2.24. The lowest BCUT2D eigenvalue weighted by molar-refractivity contribution is 0.101. The number of halogens is 2. The molecule has 0 saturated heterocycles. The van der Waals surface area contributed by atoms with Crippen molar-refractivity contribution in [3.8, 4) is 5.75 Å². The van der Waals surface area contributed by atoms with E-state index in [-0.39, 0.29) is 5.75 Å². The molecule has 1 amide bonds. The van der Waals surface area contributed by atoms with Crippen LogP contribution in [0.25, 0.3) is 0 Å². The topological polar surface area (TPSA) is 56.1 Å². The van der Waals surface area contributed by atoms with E-state index in [9.17, 15) is 13.6 Å². The average Bonchev–Trinajstić information content (AvgIpc) is 2.94. The van der Waals surface area contributed by atoms with Crippen molar-refractivity contribution in [1.82, 2.24) is 9.78 Å². The second-order valence-corrected chi connectivity index (χ2v) is 6.21. The first kappa shape index (κ1) is 18.6. The maximum absolute atomic E-state index is 14.3. The molecule has 0 fully saturated rings. The van der Waals surface area contributed by atoms with Crippen LogP contribution in [0.1, 0.15) is 27.2 Å². The van der Waals surface area contributed by atoms with E-state index in [4.69, 9.17) is 4.74 Å². The van der Waals surface area contributed by atoms with Gasteiger partial charge >= 0.3 is 0 Å². The molecule has 140 valence electrons. The Morgan fingerprint density at radius 2 is 1.96 bits per heavy atom. The normalized spacial score (nSPS) is 10.7. The number of carbonyl (C=O) groups excluding carboxylic acids is 1. The molecule has 0 aliphatic heterocycles. The molecule has 0 saturated carbocycles. The fourth-order valence-electron chi connectivity index (χ4n) is 2.83. The van der Waals surface area contributed by atoms with Crippen LogP contribution in [0.15, 0.2) is 42.5 Å². The Morgan fingerprint density at radius 1 is 1.19 bits per heavy atom. The number of ether oxygens (including phenoxy) is 1. The summed E-state index contributed by atoms with van der Waals surface area (Å²) in [4.78, 5) is 12.5. The molecule has 2 aromatic carbocycles. The summed E-state index contributed by atoms with van der Waals surface area (Å²) in [6.45, 7) is 4.16. The lowest BCUT2D eigenvalue weighted by Crippen LogP contribution is -2.19. The van der Waals surface area contributed by atoms with Crippen molar-refractivity contribution < 1.29 is 18.3 Å².